The fourth-order valence-electron chi connectivity index (χ4n) is 3.88. The highest BCUT2D eigenvalue weighted by Gasteiger charge is 2.29. The highest BCUT2D eigenvalue weighted by atomic mass is 32.2. The highest BCUT2D eigenvalue weighted by molar-refractivity contribution is 7.99. The number of nitrogens with one attached hydrogen (secondary N) is 3. The number of carbonyl (C=O) groups excluding carboxylic acids is 2. The van der Waals surface area contributed by atoms with Gasteiger partial charge in [0.25, 0.3) is 0 Å². The minimum absolute atomic E-state index is 0.175. The van der Waals surface area contributed by atoms with Gasteiger partial charge in [-0.25, -0.2) is 4.39 Å². The van der Waals surface area contributed by atoms with Crippen LogP contribution in [0.1, 0.15) is 37.4 Å². The van der Waals surface area contributed by atoms with E-state index in [2.05, 4.69) is 15.6 Å². The summed E-state index contributed by atoms with van der Waals surface area (Å²) in [6.07, 6.45) is 2.96. The van der Waals surface area contributed by atoms with E-state index in [1.165, 1.54) is 17.8 Å². The molecule has 3 N–H and O–H groups in total. The van der Waals surface area contributed by atoms with E-state index in [9.17, 15) is 14.0 Å². The number of hydrogen-bond donors (Lipinski definition) is 3. The number of H-pyrrole nitrogens is 1. The summed E-state index contributed by atoms with van der Waals surface area (Å²) in [7, 11) is 0. The van der Waals surface area contributed by atoms with Crippen molar-refractivity contribution in [3.05, 3.63) is 65.6 Å². The number of benzene rings is 2. The number of para-hydroxylation sites is 1. The molecule has 2 atom stereocenters. The van der Waals surface area contributed by atoms with E-state index in [1.54, 1.807) is 19.9 Å². The average molecular weight is 440 g/mol. The van der Waals surface area contributed by atoms with Crippen molar-refractivity contribution in [2.45, 2.75) is 43.7 Å². The first-order valence-electron chi connectivity index (χ1n) is 10.5. The molecule has 2 heterocycles. The lowest BCUT2D eigenvalue weighted by molar-refractivity contribution is -0.130. The van der Waals surface area contributed by atoms with E-state index in [4.69, 9.17) is 0 Å². The van der Waals surface area contributed by atoms with Crippen LogP contribution in [0.15, 0.2) is 53.6 Å². The summed E-state index contributed by atoms with van der Waals surface area (Å²) in [5.41, 5.74) is 2.75. The molecule has 0 spiro atoms. The number of hydrogen-bond acceptors (Lipinski definition) is 3. The molecular formula is C24H26FN3O2S. The summed E-state index contributed by atoms with van der Waals surface area (Å²) >= 11 is 1.47. The zero-order chi connectivity index (χ0) is 22.0. The lowest BCUT2D eigenvalue weighted by Crippen LogP contribution is -2.50. The lowest BCUT2D eigenvalue weighted by Gasteiger charge is -2.28. The van der Waals surface area contributed by atoms with Crippen molar-refractivity contribution in [2.24, 2.45) is 5.92 Å². The molecule has 0 fully saturated rings. The van der Waals surface area contributed by atoms with Crippen molar-refractivity contribution < 1.29 is 14.0 Å². The first kappa shape index (κ1) is 21.4. The lowest BCUT2D eigenvalue weighted by atomic mass is 10.0. The highest BCUT2D eigenvalue weighted by Crippen LogP contribution is 2.37. The Morgan fingerprint density at radius 2 is 1.97 bits per heavy atom. The molecule has 5 nitrogen and oxygen atoms in total. The number of halogens is 1. The second-order valence-corrected chi connectivity index (χ2v) is 9.24. The molecular weight excluding hydrogens is 413 g/mol. The van der Waals surface area contributed by atoms with Crippen LogP contribution in [0.4, 0.5) is 4.39 Å². The van der Waals surface area contributed by atoms with Crippen molar-refractivity contribution >= 4 is 34.5 Å². The molecule has 0 saturated heterocycles. The van der Waals surface area contributed by atoms with Crippen LogP contribution in [-0.4, -0.2) is 28.6 Å². The first-order chi connectivity index (χ1) is 14.9. The van der Waals surface area contributed by atoms with Gasteiger partial charge in [-0.15, -0.1) is 11.8 Å². The van der Waals surface area contributed by atoms with Gasteiger partial charge < -0.3 is 15.6 Å². The standard InChI is InChI=1S/C24H26FN3O2S/c1-14(2)23(29)28-21(12-15-13-26-19-9-4-3-6-16(15)19)24(30)27-20-10-11-31-22-17(20)7-5-8-18(22)25/h3-9,13-14,20-21,26H,10-12H2,1-2H3,(H,27,30)(H,28,29). The molecule has 0 bridgehead atoms. The van der Waals surface area contributed by atoms with Gasteiger partial charge in [0, 0.05) is 40.1 Å². The molecule has 2 aromatic carbocycles. The van der Waals surface area contributed by atoms with Gasteiger partial charge in [0.15, 0.2) is 0 Å². The van der Waals surface area contributed by atoms with Gasteiger partial charge in [0.1, 0.15) is 11.9 Å². The van der Waals surface area contributed by atoms with Crippen molar-refractivity contribution in [2.75, 3.05) is 5.75 Å². The molecule has 4 rings (SSSR count). The number of aromatic nitrogens is 1. The summed E-state index contributed by atoms with van der Waals surface area (Å²) in [4.78, 5) is 29.5. The molecule has 0 saturated carbocycles. The SMILES string of the molecule is CC(C)C(=O)NC(Cc1c[nH]c2ccccc12)C(=O)NC1CCSc2c(F)cccc21. The van der Waals surface area contributed by atoms with Crippen LogP contribution in [0.5, 0.6) is 0 Å². The average Bonchev–Trinajstić information content (AvgIpc) is 3.17. The Balaban J connectivity index is 1.58. The van der Waals surface area contributed by atoms with Gasteiger partial charge in [0.2, 0.25) is 11.8 Å². The van der Waals surface area contributed by atoms with E-state index in [0.717, 1.165) is 27.8 Å². The van der Waals surface area contributed by atoms with Gasteiger partial charge in [0.05, 0.1) is 6.04 Å². The van der Waals surface area contributed by atoms with E-state index in [0.29, 0.717) is 17.7 Å². The summed E-state index contributed by atoms with van der Waals surface area (Å²) in [6, 6.07) is 11.8. The van der Waals surface area contributed by atoms with E-state index < -0.39 is 6.04 Å². The Morgan fingerprint density at radius 1 is 1.16 bits per heavy atom. The maximum absolute atomic E-state index is 14.2. The van der Waals surface area contributed by atoms with Crippen molar-refractivity contribution in [1.82, 2.24) is 15.6 Å². The maximum Gasteiger partial charge on any atom is 0.243 e. The molecule has 2 unspecified atom stereocenters. The molecule has 1 aliphatic rings. The zero-order valence-corrected chi connectivity index (χ0v) is 18.4. The fourth-order valence-corrected chi connectivity index (χ4v) is 5.02. The smallest absolute Gasteiger partial charge is 0.243 e. The van der Waals surface area contributed by atoms with Crippen molar-refractivity contribution in [1.29, 1.82) is 0 Å². The third-order valence-corrected chi connectivity index (χ3v) is 6.76. The molecule has 3 aromatic rings. The third-order valence-electron chi connectivity index (χ3n) is 5.60. The van der Waals surface area contributed by atoms with Gasteiger partial charge in [-0.1, -0.05) is 44.2 Å². The fraction of sp³-hybridized carbons (Fsp3) is 0.333. The van der Waals surface area contributed by atoms with Crippen molar-refractivity contribution in [3.8, 4) is 0 Å². The van der Waals surface area contributed by atoms with Crippen molar-refractivity contribution in [3.63, 3.8) is 0 Å². The summed E-state index contributed by atoms with van der Waals surface area (Å²) in [6.45, 7) is 3.60. The van der Waals surface area contributed by atoms with Crippen LogP contribution in [0.3, 0.4) is 0 Å². The monoisotopic (exact) mass is 439 g/mol. The molecule has 0 aliphatic carbocycles. The third kappa shape index (κ3) is 4.61. The summed E-state index contributed by atoms with van der Waals surface area (Å²) in [5.74, 6) is -0.203. The van der Waals surface area contributed by atoms with Gasteiger partial charge in [-0.3, -0.25) is 9.59 Å². The number of amides is 2. The maximum atomic E-state index is 14.2. The van der Waals surface area contributed by atoms with Crippen LogP contribution in [0.2, 0.25) is 0 Å². The molecule has 1 aliphatic heterocycles. The van der Waals surface area contributed by atoms with Crippen LogP contribution in [0, 0.1) is 11.7 Å². The predicted octanol–water partition coefficient (Wildman–Crippen LogP) is 4.34. The Kier molecular flexibility index (Phi) is 6.32. The van der Waals surface area contributed by atoms with Crippen LogP contribution < -0.4 is 10.6 Å². The van der Waals surface area contributed by atoms with Crippen LogP contribution in [0.25, 0.3) is 10.9 Å². The Bertz CT molecular complexity index is 1110. The summed E-state index contributed by atoms with van der Waals surface area (Å²) in [5, 5.41) is 6.99. The minimum atomic E-state index is -0.722. The zero-order valence-electron chi connectivity index (χ0n) is 17.6. The number of rotatable bonds is 6. The van der Waals surface area contributed by atoms with Gasteiger partial charge >= 0.3 is 0 Å². The number of aromatic amines is 1. The van der Waals surface area contributed by atoms with Gasteiger partial charge in [-0.2, -0.15) is 0 Å². The van der Waals surface area contributed by atoms with Gasteiger partial charge in [-0.05, 0) is 29.7 Å². The molecule has 1 aromatic heterocycles. The quantitative estimate of drug-likeness (QED) is 0.535. The first-order valence-corrected chi connectivity index (χ1v) is 11.5. The topological polar surface area (TPSA) is 74.0 Å². The summed E-state index contributed by atoms with van der Waals surface area (Å²) < 4.78 is 14.2. The van der Waals surface area contributed by atoms with Crippen LogP contribution in [-0.2, 0) is 16.0 Å². The molecule has 162 valence electrons. The Morgan fingerprint density at radius 3 is 2.77 bits per heavy atom. The predicted molar refractivity (Wildman–Crippen MR) is 121 cm³/mol. The van der Waals surface area contributed by atoms with E-state index in [-0.39, 0.29) is 29.6 Å². The van der Waals surface area contributed by atoms with E-state index in [1.807, 2.05) is 36.5 Å². The minimum Gasteiger partial charge on any atom is -0.361 e. The number of carbonyl (C=O) groups is 2. The number of thioether (sulfide) groups is 1. The molecule has 7 heteroatoms. The van der Waals surface area contributed by atoms with Crippen LogP contribution >= 0.6 is 11.8 Å². The normalized spacial score (nSPS) is 16.7. The largest absolute Gasteiger partial charge is 0.361 e. The van der Waals surface area contributed by atoms with E-state index >= 15 is 0 Å². The Hall–Kier alpha value is -2.80. The number of fused-ring (bicyclic) bond motifs is 2. The molecule has 2 amide bonds. The second kappa shape index (κ2) is 9.14. The Labute approximate surface area is 185 Å². The molecule has 0 radical (unpaired) electrons. The molecule has 31 heavy (non-hydrogen) atoms. The second-order valence-electron chi connectivity index (χ2n) is 8.14.